The third kappa shape index (κ3) is 2.61. The Kier molecular flexibility index (Phi) is 3.52. The quantitative estimate of drug-likeness (QED) is 0.850. The molecule has 0 saturated carbocycles. The van der Waals surface area contributed by atoms with Gasteiger partial charge in [0.1, 0.15) is 5.82 Å². The van der Waals surface area contributed by atoms with Crippen molar-refractivity contribution in [2.24, 2.45) is 0 Å². The minimum atomic E-state index is -0.944. The number of aliphatic hydroxyl groups is 1. The number of aromatic nitrogens is 1. The Morgan fingerprint density at radius 2 is 2.22 bits per heavy atom. The molecule has 0 bridgehead atoms. The molecule has 2 rings (SSSR count). The van der Waals surface area contributed by atoms with Crippen LogP contribution in [0, 0.1) is 0 Å². The maximum Gasteiger partial charge on any atom is 0.335 e. The molecule has 1 unspecified atom stereocenters. The normalized spacial score (nSPS) is 19.6. The van der Waals surface area contributed by atoms with Gasteiger partial charge in [-0.1, -0.05) is 13.8 Å². The Bertz CT molecular complexity index is 460. The lowest BCUT2D eigenvalue weighted by Crippen LogP contribution is -2.23. The fraction of sp³-hybridized carbons (Fsp3) is 0.538. The average molecular weight is 250 g/mol. The molecule has 0 aliphatic carbocycles. The zero-order valence-corrected chi connectivity index (χ0v) is 10.6. The second-order valence-corrected chi connectivity index (χ2v) is 4.99. The molecule has 1 atom stereocenters. The van der Waals surface area contributed by atoms with Crippen LogP contribution in [0.5, 0.6) is 0 Å². The van der Waals surface area contributed by atoms with E-state index in [9.17, 15) is 9.90 Å². The predicted molar refractivity (Wildman–Crippen MR) is 68.1 cm³/mol. The van der Waals surface area contributed by atoms with Crippen LogP contribution in [-0.2, 0) is 0 Å². The summed E-state index contributed by atoms with van der Waals surface area (Å²) in [5.41, 5.74) is 1.02. The minimum absolute atomic E-state index is 0.176. The van der Waals surface area contributed by atoms with Crippen LogP contribution in [0.15, 0.2) is 12.1 Å². The van der Waals surface area contributed by atoms with E-state index in [0.717, 1.165) is 12.2 Å². The SMILES string of the molecule is CC(C)c1cc(C(=O)O)cc(N2CCC(O)C2)n1. The van der Waals surface area contributed by atoms with E-state index in [1.807, 2.05) is 18.7 Å². The van der Waals surface area contributed by atoms with Crippen LogP contribution < -0.4 is 4.90 Å². The van der Waals surface area contributed by atoms with Crippen LogP contribution in [0.4, 0.5) is 5.82 Å². The van der Waals surface area contributed by atoms with Crippen molar-refractivity contribution in [1.29, 1.82) is 0 Å². The van der Waals surface area contributed by atoms with Gasteiger partial charge >= 0.3 is 5.97 Å². The summed E-state index contributed by atoms with van der Waals surface area (Å²) in [6, 6.07) is 3.19. The van der Waals surface area contributed by atoms with E-state index in [-0.39, 0.29) is 17.6 Å². The van der Waals surface area contributed by atoms with E-state index in [2.05, 4.69) is 4.98 Å². The molecular weight excluding hydrogens is 232 g/mol. The maximum absolute atomic E-state index is 11.1. The van der Waals surface area contributed by atoms with Crippen molar-refractivity contribution in [3.63, 3.8) is 0 Å². The fourth-order valence-electron chi connectivity index (χ4n) is 2.07. The zero-order chi connectivity index (χ0) is 13.3. The molecule has 98 valence electrons. The van der Waals surface area contributed by atoms with Gasteiger partial charge in [-0.2, -0.15) is 0 Å². The standard InChI is InChI=1S/C13H18N2O3/c1-8(2)11-5-9(13(17)18)6-12(14-11)15-4-3-10(16)7-15/h5-6,8,10,16H,3-4,7H2,1-2H3,(H,17,18). The number of carboxylic acids is 1. The molecule has 5 heteroatoms. The van der Waals surface area contributed by atoms with Crippen molar-refractivity contribution in [1.82, 2.24) is 4.98 Å². The highest BCUT2D eigenvalue weighted by Crippen LogP contribution is 2.23. The van der Waals surface area contributed by atoms with E-state index in [1.165, 1.54) is 0 Å². The number of rotatable bonds is 3. The van der Waals surface area contributed by atoms with Gasteiger partial charge in [0.05, 0.1) is 11.7 Å². The summed E-state index contributed by atoms with van der Waals surface area (Å²) in [6.45, 7) is 5.20. The number of carboxylic acid groups (broad SMARTS) is 1. The van der Waals surface area contributed by atoms with Gasteiger partial charge in [-0.25, -0.2) is 9.78 Å². The van der Waals surface area contributed by atoms with Crippen LogP contribution in [0.3, 0.4) is 0 Å². The molecule has 5 nitrogen and oxygen atoms in total. The van der Waals surface area contributed by atoms with Gasteiger partial charge in [0.2, 0.25) is 0 Å². The second-order valence-electron chi connectivity index (χ2n) is 4.99. The number of nitrogens with zero attached hydrogens (tertiary/aromatic N) is 2. The molecule has 1 aromatic rings. The summed E-state index contributed by atoms with van der Waals surface area (Å²) in [5, 5.41) is 18.6. The zero-order valence-electron chi connectivity index (χ0n) is 10.6. The molecular formula is C13H18N2O3. The molecule has 1 aliphatic rings. The molecule has 0 spiro atoms. The number of aromatic carboxylic acids is 1. The van der Waals surface area contributed by atoms with Gasteiger partial charge < -0.3 is 15.1 Å². The van der Waals surface area contributed by atoms with Crippen molar-refractivity contribution in [3.05, 3.63) is 23.4 Å². The van der Waals surface area contributed by atoms with E-state index < -0.39 is 5.97 Å². The lowest BCUT2D eigenvalue weighted by atomic mass is 10.1. The summed E-state index contributed by atoms with van der Waals surface area (Å²) in [7, 11) is 0. The first-order valence-corrected chi connectivity index (χ1v) is 6.15. The number of aliphatic hydroxyl groups excluding tert-OH is 1. The molecule has 2 N–H and O–H groups in total. The van der Waals surface area contributed by atoms with Gasteiger partial charge in [-0.05, 0) is 24.5 Å². The number of hydrogen-bond acceptors (Lipinski definition) is 4. The highest BCUT2D eigenvalue weighted by Gasteiger charge is 2.23. The predicted octanol–water partition coefficient (Wildman–Crippen LogP) is 1.47. The lowest BCUT2D eigenvalue weighted by Gasteiger charge is -2.19. The average Bonchev–Trinajstić information content (AvgIpc) is 2.75. The summed E-state index contributed by atoms with van der Waals surface area (Å²) in [4.78, 5) is 17.5. The van der Waals surface area contributed by atoms with Crippen molar-refractivity contribution < 1.29 is 15.0 Å². The molecule has 1 fully saturated rings. The van der Waals surface area contributed by atoms with E-state index >= 15 is 0 Å². The molecule has 1 aromatic heterocycles. The molecule has 1 saturated heterocycles. The van der Waals surface area contributed by atoms with Gasteiger partial charge in [0, 0.05) is 18.8 Å². The van der Waals surface area contributed by atoms with Crippen molar-refractivity contribution in [2.45, 2.75) is 32.3 Å². The first-order chi connectivity index (χ1) is 8.47. The van der Waals surface area contributed by atoms with Gasteiger partial charge in [-0.3, -0.25) is 0 Å². The highest BCUT2D eigenvalue weighted by molar-refractivity contribution is 5.88. The summed E-state index contributed by atoms with van der Waals surface area (Å²) < 4.78 is 0. The molecule has 18 heavy (non-hydrogen) atoms. The Hall–Kier alpha value is -1.62. The lowest BCUT2D eigenvalue weighted by molar-refractivity contribution is 0.0696. The van der Waals surface area contributed by atoms with Gasteiger partial charge in [0.25, 0.3) is 0 Å². The van der Waals surface area contributed by atoms with Crippen molar-refractivity contribution in [3.8, 4) is 0 Å². The summed E-state index contributed by atoms with van der Waals surface area (Å²) in [6.07, 6.45) is 0.360. The molecule has 0 amide bonds. The Labute approximate surface area is 106 Å². The van der Waals surface area contributed by atoms with Crippen LogP contribution in [0.1, 0.15) is 42.2 Å². The number of hydrogen-bond donors (Lipinski definition) is 2. The van der Waals surface area contributed by atoms with Crippen molar-refractivity contribution >= 4 is 11.8 Å². The van der Waals surface area contributed by atoms with Crippen molar-refractivity contribution in [2.75, 3.05) is 18.0 Å². The van der Waals surface area contributed by atoms with Crippen LogP contribution in [0.25, 0.3) is 0 Å². The van der Waals surface area contributed by atoms with E-state index in [0.29, 0.717) is 18.8 Å². The Morgan fingerprint density at radius 3 is 2.72 bits per heavy atom. The van der Waals surface area contributed by atoms with E-state index in [1.54, 1.807) is 12.1 Å². The van der Waals surface area contributed by atoms with Crippen LogP contribution in [-0.4, -0.2) is 40.4 Å². The Balaban J connectivity index is 2.37. The monoisotopic (exact) mass is 250 g/mol. The molecule has 0 aromatic carbocycles. The fourth-order valence-corrected chi connectivity index (χ4v) is 2.07. The summed E-state index contributed by atoms with van der Waals surface area (Å²) in [5.74, 6) is -0.119. The first-order valence-electron chi connectivity index (χ1n) is 6.15. The third-order valence-electron chi connectivity index (χ3n) is 3.16. The van der Waals surface area contributed by atoms with Gasteiger partial charge in [0.15, 0.2) is 0 Å². The number of pyridine rings is 1. The van der Waals surface area contributed by atoms with Gasteiger partial charge in [-0.15, -0.1) is 0 Å². The number of β-amino-alcohol motifs (C(OH)–C–C–N with tert-alkyl or cyclic N) is 1. The molecule has 1 aliphatic heterocycles. The second kappa shape index (κ2) is 4.94. The highest BCUT2D eigenvalue weighted by atomic mass is 16.4. The largest absolute Gasteiger partial charge is 0.478 e. The van der Waals surface area contributed by atoms with Crippen LogP contribution in [0.2, 0.25) is 0 Å². The van der Waals surface area contributed by atoms with E-state index in [4.69, 9.17) is 5.11 Å². The maximum atomic E-state index is 11.1. The number of anilines is 1. The number of carbonyl (C=O) groups is 1. The Morgan fingerprint density at radius 1 is 1.50 bits per heavy atom. The molecule has 0 radical (unpaired) electrons. The summed E-state index contributed by atoms with van der Waals surface area (Å²) >= 11 is 0. The smallest absolute Gasteiger partial charge is 0.335 e. The van der Waals surface area contributed by atoms with Crippen LogP contribution >= 0.6 is 0 Å². The topological polar surface area (TPSA) is 73.7 Å². The first kappa shape index (κ1) is 12.8. The third-order valence-corrected chi connectivity index (χ3v) is 3.16. The molecule has 2 heterocycles. The minimum Gasteiger partial charge on any atom is -0.478 e.